The molecule has 0 fully saturated rings. The third kappa shape index (κ3) is 2.48. The molecule has 0 saturated heterocycles. The molecule has 1 N–H and O–H groups in total. The summed E-state index contributed by atoms with van der Waals surface area (Å²) in [5.74, 6) is 0. The third-order valence-electron chi connectivity index (χ3n) is 3.85. The molecule has 104 valence electrons. The van der Waals surface area contributed by atoms with Gasteiger partial charge in [-0.3, -0.25) is 0 Å². The summed E-state index contributed by atoms with van der Waals surface area (Å²) in [7, 11) is 0. The summed E-state index contributed by atoms with van der Waals surface area (Å²) in [6.45, 7) is 2.05. The molecular weight excluding hydrogens is 256 g/mol. The van der Waals surface area contributed by atoms with Gasteiger partial charge in [0, 0.05) is 0 Å². The minimum absolute atomic E-state index is 0.875. The van der Waals surface area contributed by atoms with E-state index >= 15 is 0 Å². The molecule has 3 aromatic carbocycles. The zero-order valence-electron chi connectivity index (χ0n) is 12.0. The van der Waals surface area contributed by atoms with Crippen LogP contribution in [0.5, 0.6) is 0 Å². The number of aliphatic hydroxyl groups is 1. The van der Waals surface area contributed by atoms with Crippen LogP contribution in [0.2, 0.25) is 0 Å². The van der Waals surface area contributed by atoms with E-state index in [2.05, 4.69) is 0 Å². The lowest BCUT2D eigenvalue weighted by atomic mass is 9.80. The normalized spacial score (nSPS) is 11.3. The maximum Gasteiger partial charge on any atom is 0.140 e. The van der Waals surface area contributed by atoms with Crippen molar-refractivity contribution in [3.05, 3.63) is 107 Å². The largest absolute Gasteiger partial charge is 0.376 e. The number of hydrogen-bond acceptors (Lipinski definition) is 1. The van der Waals surface area contributed by atoms with Crippen molar-refractivity contribution < 1.29 is 5.11 Å². The van der Waals surface area contributed by atoms with Crippen molar-refractivity contribution in [2.45, 2.75) is 12.5 Å². The Morgan fingerprint density at radius 3 is 1.38 bits per heavy atom. The average molecular weight is 274 g/mol. The first kappa shape index (κ1) is 13.6. The molecule has 0 aliphatic carbocycles. The quantitative estimate of drug-likeness (QED) is 0.707. The molecule has 0 saturated carbocycles. The van der Waals surface area contributed by atoms with E-state index in [1.807, 2.05) is 91.9 Å². The fourth-order valence-electron chi connectivity index (χ4n) is 2.65. The van der Waals surface area contributed by atoms with Crippen molar-refractivity contribution in [2.24, 2.45) is 0 Å². The molecule has 0 aliphatic heterocycles. The van der Waals surface area contributed by atoms with Gasteiger partial charge in [-0.25, -0.2) is 0 Å². The summed E-state index contributed by atoms with van der Waals surface area (Å²) < 4.78 is 0. The first-order chi connectivity index (χ1) is 10.2. The zero-order valence-corrected chi connectivity index (χ0v) is 12.0. The van der Waals surface area contributed by atoms with Gasteiger partial charge in [0.05, 0.1) is 0 Å². The van der Waals surface area contributed by atoms with E-state index in [0.29, 0.717) is 0 Å². The predicted octanol–water partition coefficient (Wildman–Crippen LogP) is 4.28. The van der Waals surface area contributed by atoms with Crippen molar-refractivity contribution in [2.75, 3.05) is 0 Å². The van der Waals surface area contributed by atoms with Crippen LogP contribution < -0.4 is 0 Å². The van der Waals surface area contributed by atoms with Gasteiger partial charge < -0.3 is 5.11 Å². The van der Waals surface area contributed by atoms with Crippen LogP contribution in [0.15, 0.2) is 84.9 Å². The maximum atomic E-state index is 11.5. The molecule has 0 bridgehead atoms. The van der Waals surface area contributed by atoms with E-state index in [0.717, 1.165) is 16.7 Å². The van der Waals surface area contributed by atoms with Gasteiger partial charge in [0.25, 0.3) is 0 Å². The Morgan fingerprint density at radius 2 is 0.952 bits per heavy atom. The second-order valence-electron chi connectivity index (χ2n) is 5.31. The molecule has 0 heterocycles. The Balaban J connectivity index is 2.23. The van der Waals surface area contributed by atoms with Gasteiger partial charge in [0.1, 0.15) is 5.60 Å². The molecule has 1 nitrogen and oxygen atoms in total. The molecule has 3 rings (SSSR count). The van der Waals surface area contributed by atoms with E-state index in [1.54, 1.807) is 0 Å². The fraction of sp³-hybridized carbons (Fsp3) is 0.100. The standard InChI is InChI=1S/C20H18O/c1-16-12-14-19(15-13-16)20(21,17-8-4-2-5-9-17)18-10-6-3-7-11-18/h2-15,21H,1H3. The molecule has 1 heteroatoms. The lowest BCUT2D eigenvalue weighted by Crippen LogP contribution is -2.28. The van der Waals surface area contributed by atoms with Gasteiger partial charge in [-0.15, -0.1) is 0 Å². The van der Waals surface area contributed by atoms with Gasteiger partial charge in [0.2, 0.25) is 0 Å². The molecule has 0 spiro atoms. The fourth-order valence-corrected chi connectivity index (χ4v) is 2.65. The summed E-state index contributed by atoms with van der Waals surface area (Å²) in [6, 6.07) is 27.7. The molecule has 21 heavy (non-hydrogen) atoms. The SMILES string of the molecule is Cc1ccc(C(O)(c2ccccc2)c2ccccc2)cc1. The summed E-state index contributed by atoms with van der Waals surface area (Å²) in [5, 5.41) is 11.5. The highest BCUT2D eigenvalue weighted by Gasteiger charge is 2.33. The Hall–Kier alpha value is -2.38. The van der Waals surface area contributed by atoms with E-state index in [9.17, 15) is 5.11 Å². The van der Waals surface area contributed by atoms with Crippen LogP contribution in [0, 0.1) is 6.92 Å². The summed E-state index contributed by atoms with van der Waals surface area (Å²) >= 11 is 0. The number of rotatable bonds is 3. The van der Waals surface area contributed by atoms with E-state index < -0.39 is 5.60 Å². The minimum Gasteiger partial charge on any atom is -0.376 e. The molecule has 0 atom stereocenters. The van der Waals surface area contributed by atoms with Gasteiger partial charge in [-0.1, -0.05) is 90.5 Å². The first-order valence-corrected chi connectivity index (χ1v) is 7.12. The van der Waals surface area contributed by atoms with Gasteiger partial charge in [0.15, 0.2) is 0 Å². The second-order valence-corrected chi connectivity index (χ2v) is 5.31. The highest BCUT2D eigenvalue weighted by atomic mass is 16.3. The van der Waals surface area contributed by atoms with Crippen LogP contribution in [0.3, 0.4) is 0 Å². The van der Waals surface area contributed by atoms with Crippen LogP contribution in [-0.4, -0.2) is 5.11 Å². The third-order valence-corrected chi connectivity index (χ3v) is 3.85. The molecule has 0 amide bonds. The Labute approximate surface area is 125 Å². The summed E-state index contributed by atoms with van der Waals surface area (Å²) in [6.07, 6.45) is 0. The Bertz CT molecular complexity index is 660. The van der Waals surface area contributed by atoms with E-state index in [-0.39, 0.29) is 0 Å². The highest BCUT2D eigenvalue weighted by Crippen LogP contribution is 2.36. The van der Waals surface area contributed by atoms with Crippen molar-refractivity contribution in [1.29, 1.82) is 0 Å². The topological polar surface area (TPSA) is 20.2 Å². The van der Waals surface area contributed by atoms with Crippen LogP contribution >= 0.6 is 0 Å². The smallest absolute Gasteiger partial charge is 0.140 e. The number of aryl methyl sites for hydroxylation is 1. The lowest BCUT2D eigenvalue weighted by molar-refractivity contribution is 0.125. The van der Waals surface area contributed by atoms with E-state index in [4.69, 9.17) is 0 Å². The van der Waals surface area contributed by atoms with Gasteiger partial charge >= 0.3 is 0 Å². The Morgan fingerprint density at radius 1 is 0.571 bits per heavy atom. The first-order valence-electron chi connectivity index (χ1n) is 7.12. The predicted molar refractivity (Wildman–Crippen MR) is 86.2 cm³/mol. The maximum absolute atomic E-state index is 11.5. The molecular formula is C20H18O. The van der Waals surface area contributed by atoms with Crippen molar-refractivity contribution in [3.8, 4) is 0 Å². The Kier molecular flexibility index (Phi) is 3.59. The molecule has 0 unspecified atom stereocenters. The van der Waals surface area contributed by atoms with Crippen LogP contribution in [0.25, 0.3) is 0 Å². The number of benzene rings is 3. The van der Waals surface area contributed by atoms with Gasteiger partial charge in [-0.05, 0) is 23.6 Å². The van der Waals surface area contributed by atoms with Gasteiger partial charge in [-0.2, -0.15) is 0 Å². The zero-order chi connectivity index (χ0) is 14.7. The average Bonchev–Trinajstić information content (AvgIpc) is 2.56. The van der Waals surface area contributed by atoms with Crippen molar-refractivity contribution in [1.82, 2.24) is 0 Å². The lowest BCUT2D eigenvalue weighted by Gasteiger charge is -2.30. The van der Waals surface area contributed by atoms with Crippen LogP contribution in [0.4, 0.5) is 0 Å². The molecule has 0 aliphatic rings. The number of hydrogen-bond donors (Lipinski definition) is 1. The molecule has 0 aromatic heterocycles. The minimum atomic E-state index is -1.13. The summed E-state index contributed by atoms with van der Waals surface area (Å²) in [4.78, 5) is 0. The highest BCUT2D eigenvalue weighted by molar-refractivity contribution is 5.47. The van der Waals surface area contributed by atoms with Crippen molar-refractivity contribution in [3.63, 3.8) is 0 Å². The summed E-state index contributed by atoms with van der Waals surface area (Å²) in [5.41, 5.74) is 2.68. The van der Waals surface area contributed by atoms with Crippen molar-refractivity contribution >= 4 is 0 Å². The molecule has 0 radical (unpaired) electrons. The molecule has 3 aromatic rings. The van der Waals surface area contributed by atoms with Crippen LogP contribution in [-0.2, 0) is 5.60 Å². The van der Waals surface area contributed by atoms with E-state index in [1.165, 1.54) is 5.56 Å². The monoisotopic (exact) mass is 274 g/mol. The second kappa shape index (κ2) is 5.55. The van der Waals surface area contributed by atoms with Crippen LogP contribution in [0.1, 0.15) is 22.3 Å².